The molecule has 0 fully saturated rings. The number of rotatable bonds is 4. The van der Waals surface area contributed by atoms with Crippen molar-refractivity contribution in [3.8, 4) is 11.5 Å². The van der Waals surface area contributed by atoms with E-state index < -0.39 is 0 Å². The van der Waals surface area contributed by atoms with Crippen LogP contribution in [0, 0.1) is 5.92 Å². The molecule has 2 nitrogen and oxygen atoms in total. The first-order valence-corrected chi connectivity index (χ1v) is 9.49. The Balaban J connectivity index is 2.05. The van der Waals surface area contributed by atoms with Crippen LogP contribution in [0.1, 0.15) is 77.8 Å². The molecular weight excluding hydrogens is 296 g/mol. The summed E-state index contributed by atoms with van der Waals surface area (Å²) in [5.74, 6) is 1.72. The summed E-state index contributed by atoms with van der Waals surface area (Å²) in [4.78, 5) is 0. The van der Waals surface area contributed by atoms with E-state index in [4.69, 9.17) is 4.74 Å². The van der Waals surface area contributed by atoms with E-state index in [9.17, 15) is 5.11 Å². The second-order valence-electron chi connectivity index (χ2n) is 8.58. The van der Waals surface area contributed by atoms with Gasteiger partial charge in [0.05, 0.1) is 0 Å². The minimum atomic E-state index is -0.215. The molecule has 132 valence electrons. The molecule has 1 heterocycles. The summed E-state index contributed by atoms with van der Waals surface area (Å²) < 4.78 is 6.43. The first-order chi connectivity index (χ1) is 11.3. The predicted octanol–water partition coefficient (Wildman–Crippen LogP) is 5.91. The first kappa shape index (κ1) is 17.4. The van der Waals surface area contributed by atoms with Crippen molar-refractivity contribution in [2.24, 2.45) is 5.92 Å². The van der Waals surface area contributed by atoms with Crippen LogP contribution in [0.15, 0.2) is 23.8 Å². The molecule has 0 saturated heterocycles. The number of fused-ring (bicyclic) bond motifs is 3. The maximum atomic E-state index is 10.9. The number of allylic oxidation sites excluding steroid dienone is 2. The number of phenolic OH excluding ortho intramolecular Hbond substituents is 1. The number of benzene rings is 1. The van der Waals surface area contributed by atoms with Gasteiger partial charge in [0.1, 0.15) is 17.1 Å². The van der Waals surface area contributed by atoms with Gasteiger partial charge in [0.25, 0.3) is 0 Å². The smallest absolute Gasteiger partial charge is 0.127 e. The van der Waals surface area contributed by atoms with Crippen molar-refractivity contribution in [2.75, 3.05) is 0 Å². The lowest BCUT2D eigenvalue weighted by Crippen LogP contribution is -2.53. The normalized spacial score (nSPS) is 27.7. The lowest BCUT2D eigenvalue weighted by atomic mass is 9.57. The van der Waals surface area contributed by atoms with E-state index in [2.05, 4.69) is 46.8 Å². The highest BCUT2D eigenvalue weighted by atomic mass is 16.5. The molecule has 24 heavy (non-hydrogen) atoms. The van der Waals surface area contributed by atoms with Crippen molar-refractivity contribution >= 4 is 0 Å². The zero-order valence-electron chi connectivity index (χ0n) is 15.9. The maximum absolute atomic E-state index is 10.9. The van der Waals surface area contributed by atoms with E-state index in [-0.39, 0.29) is 11.0 Å². The summed E-state index contributed by atoms with van der Waals surface area (Å²) >= 11 is 0. The number of hydrogen-bond acceptors (Lipinski definition) is 2. The molecule has 1 aliphatic carbocycles. The fourth-order valence-electron chi connectivity index (χ4n) is 5.06. The van der Waals surface area contributed by atoms with E-state index >= 15 is 0 Å². The van der Waals surface area contributed by atoms with Crippen LogP contribution in [0.2, 0.25) is 0 Å². The minimum Gasteiger partial charge on any atom is -0.507 e. The van der Waals surface area contributed by atoms with E-state index in [1.807, 2.05) is 6.07 Å². The number of phenols is 1. The summed E-state index contributed by atoms with van der Waals surface area (Å²) in [6.07, 6.45) is 8.99. The fraction of sp³-hybridized carbons (Fsp3) is 0.636. The molecule has 0 unspecified atom stereocenters. The monoisotopic (exact) mass is 328 g/mol. The third-order valence-electron chi connectivity index (χ3n) is 6.11. The van der Waals surface area contributed by atoms with Crippen LogP contribution in [0.3, 0.4) is 0 Å². The maximum Gasteiger partial charge on any atom is 0.127 e. The van der Waals surface area contributed by atoms with Gasteiger partial charge in [-0.15, -0.1) is 0 Å². The Morgan fingerprint density at radius 2 is 1.96 bits per heavy atom. The zero-order valence-corrected chi connectivity index (χ0v) is 15.9. The van der Waals surface area contributed by atoms with Crippen LogP contribution in [-0.4, -0.2) is 10.7 Å². The van der Waals surface area contributed by atoms with Gasteiger partial charge >= 0.3 is 0 Å². The van der Waals surface area contributed by atoms with Gasteiger partial charge < -0.3 is 9.84 Å². The lowest BCUT2D eigenvalue weighted by molar-refractivity contribution is -0.0227. The lowest BCUT2D eigenvalue weighted by Gasteiger charge is -2.53. The summed E-state index contributed by atoms with van der Waals surface area (Å²) in [7, 11) is 0. The Labute approximate surface area is 146 Å². The molecule has 2 aliphatic rings. The fourth-order valence-corrected chi connectivity index (χ4v) is 5.06. The van der Waals surface area contributed by atoms with Crippen LogP contribution in [0.5, 0.6) is 11.5 Å². The Morgan fingerprint density at radius 3 is 2.67 bits per heavy atom. The van der Waals surface area contributed by atoms with E-state index in [0.717, 1.165) is 30.6 Å². The number of ether oxygens (including phenoxy) is 1. The van der Waals surface area contributed by atoms with Gasteiger partial charge in [0.15, 0.2) is 0 Å². The molecule has 0 saturated carbocycles. The van der Waals surface area contributed by atoms with Crippen LogP contribution in [-0.2, 0) is 11.8 Å². The highest BCUT2D eigenvalue weighted by Gasteiger charge is 2.53. The largest absolute Gasteiger partial charge is 0.507 e. The standard InChI is InChI=1S/C22H32O2/c1-6-7-8-9-16-12-17(23)20-18(13-16)24-21(3,4)19-11-10-15(2)14-22(19,20)5/h10,12-13,19,23H,6-9,11,14H2,1-5H3/t19-,22+/m0/s1. The third kappa shape index (κ3) is 2.85. The van der Waals surface area contributed by atoms with Crippen molar-refractivity contribution in [3.05, 3.63) is 34.9 Å². The Hall–Kier alpha value is -1.44. The van der Waals surface area contributed by atoms with Gasteiger partial charge in [0.2, 0.25) is 0 Å². The van der Waals surface area contributed by atoms with E-state index in [1.165, 1.54) is 30.4 Å². The highest BCUT2D eigenvalue weighted by Crippen LogP contribution is 2.57. The second-order valence-corrected chi connectivity index (χ2v) is 8.58. The summed E-state index contributed by atoms with van der Waals surface area (Å²) in [5, 5.41) is 10.9. The molecule has 0 radical (unpaired) electrons. The zero-order chi connectivity index (χ0) is 17.5. The van der Waals surface area contributed by atoms with Crippen molar-refractivity contribution in [1.82, 2.24) is 0 Å². The molecule has 0 amide bonds. The quantitative estimate of drug-likeness (QED) is 0.550. The van der Waals surface area contributed by atoms with Crippen LogP contribution >= 0.6 is 0 Å². The first-order valence-electron chi connectivity index (χ1n) is 9.49. The van der Waals surface area contributed by atoms with Gasteiger partial charge in [-0.25, -0.2) is 0 Å². The second kappa shape index (κ2) is 6.13. The summed E-state index contributed by atoms with van der Waals surface area (Å²) in [6.45, 7) is 11.1. The molecule has 0 spiro atoms. The molecule has 0 bridgehead atoms. The average Bonchev–Trinajstić information content (AvgIpc) is 2.45. The molecule has 2 heteroatoms. The molecule has 0 aromatic heterocycles. The Morgan fingerprint density at radius 1 is 1.21 bits per heavy atom. The Bertz CT molecular complexity index is 656. The topological polar surface area (TPSA) is 29.5 Å². The minimum absolute atomic E-state index is 0.0536. The van der Waals surface area contributed by atoms with Gasteiger partial charge in [-0.3, -0.25) is 0 Å². The van der Waals surface area contributed by atoms with Crippen LogP contribution < -0.4 is 4.74 Å². The van der Waals surface area contributed by atoms with E-state index in [1.54, 1.807) is 0 Å². The van der Waals surface area contributed by atoms with Crippen molar-refractivity contribution in [1.29, 1.82) is 0 Å². The molecule has 1 aromatic rings. The van der Waals surface area contributed by atoms with Gasteiger partial charge in [0, 0.05) is 16.9 Å². The predicted molar refractivity (Wildman–Crippen MR) is 99.9 cm³/mol. The van der Waals surface area contributed by atoms with Gasteiger partial charge in [-0.2, -0.15) is 0 Å². The van der Waals surface area contributed by atoms with Crippen LogP contribution in [0.25, 0.3) is 0 Å². The molecule has 1 aliphatic heterocycles. The molecule has 1 N–H and O–H groups in total. The molecule has 1 aromatic carbocycles. The van der Waals surface area contributed by atoms with Gasteiger partial charge in [-0.05, 0) is 64.2 Å². The average molecular weight is 328 g/mol. The SMILES string of the molecule is CCCCCc1cc(O)c2c(c1)OC(C)(C)[C@@H]1CC=C(C)C[C@@]21C. The summed E-state index contributed by atoms with van der Waals surface area (Å²) in [5.41, 5.74) is 3.37. The number of unbranched alkanes of at least 4 members (excludes halogenated alkanes) is 2. The number of hydrogen-bond donors (Lipinski definition) is 1. The van der Waals surface area contributed by atoms with E-state index in [0.29, 0.717) is 11.7 Å². The third-order valence-corrected chi connectivity index (χ3v) is 6.11. The van der Waals surface area contributed by atoms with Crippen LogP contribution in [0.4, 0.5) is 0 Å². The number of aryl methyl sites for hydroxylation is 1. The highest BCUT2D eigenvalue weighted by molar-refractivity contribution is 5.55. The summed E-state index contributed by atoms with van der Waals surface area (Å²) in [6, 6.07) is 4.16. The molecule has 3 rings (SSSR count). The van der Waals surface area contributed by atoms with Crippen molar-refractivity contribution < 1.29 is 9.84 Å². The van der Waals surface area contributed by atoms with Crippen molar-refractivity contribution in [3.63, 3.8) is 0 Å². The van der Waals surface area contributed by atoms with Crippen molar-refractivity contribution in [2.45, 2.75) is 84.2 Å². The molecule has 2 atom stereocenters. The number of aromatic hydroxyl groups is 1. The Kier molecular flexibility index (Phi) is 4.44. The molecular formula is C22H32O2. The van der Waals surface area contributed by atoms with Gasteiger partial charge in [-0.1, -0.05) is 38.3 Å².